The molecule has 4 amide bonds. The van der Waals surface area contributed by atoms with Crippen LogP contribution < -0.4 is 30.9 Å². The Balaban J connectivity index is 0.713. The summed E-state index contributed by atoms with van der Waals surface area (Å²) < 4.78 is 20.1. The van der Waals surface area contributed by atoms with Crippen molar-refractivity contribution in [1.29, 1.82) is 0 Å². The van der Waals surface area contributed by atoms with Crippen LogP contribution in [0.2, 0.25) is 0 Å². The number of amides is 4. The summed E-state index contributed by atoms with van der Waals surface area (Å²) in [5, 5.41) is 9.58. The van der Waals surface area contributed by atoms with Crippen molar-refractivity contribution < 1.29 is 28.5 Å². The molecule has 5 aromatic rings. The Bertz CT molecular complexity index is 2980. The molecule has 70 heavy (non-hydrogen) atoms. The smallest absolute Gasteiger partial charge is 0.262 e. The number of piperazine rings is 1. The van der Waals surface area contributed by atoms with Gasteiger partial charge in [-0.3, -0.25) is 44.3 Å². The summed E-state index contributed by atoms with van der Waals surface area (Å²) in [5.74, 6) is 5.88. The number of benzene rings is 3. The van der Waals surface area contributed by atoms with Crippen LogP contribution in [0.15, 0.2) is 65.5 Å². The van der Waals surface area contributed by atoms with Gasteiger partial charge in [-0.1, -0.05) is 18.3 Å². The van der Waals surface area contributed by atoms with Gasteiger partial charge in [0.2, 0.25) is 17.8 Å². The van der Waals surface area contributed by atoms with Crippen LogP contribution in [0.25, 0.3) is 11.0 Å². The van der Waals surface area contributed by atoms with E-state index >= 15 is 0 Å². The number of piperidine rings is 2. The van der Waals surface area contributed by atoms with Crippen LogP contribution in [-0.2, 0) is 14.2 Å². The first-order valence-electron chi connectivity index (χ1n) is 23.9. The second-order valence-corrected chi connectivity index (χ2v) is 22.6. The largest absolute Gasteiger partial charge is 0.494 e. The van der Waals surface area contributed by atoms with Crippen LogP contribution in [-0.4, -0.2) is 137 Å². The maximum Gasteiger partial charge on any atom is 0.262 e. The molecule has 0 saturated carbocycles. The summed E-state index contributed by atoms with van der Waals surface area (Å²) in [4.78, 5) is 77.0. The average Bonchev–Trinajstić information content (AvgIpc) is 3.59. The number of fused-ring (bicyclic) bond motifs is 2. The maximum atomic E-state index is 13.5. The number of nitrogens with zero attached hydrogens (tertiary/aromatic N) is 8. The molecule has 1 atom stereocenters. The predicted molar refractivity (Wildman–Crippen MR) is 274 cm³/mol. The van der Waals surface area contributed by atoms with Crippen molar-refractivity contribution >= 4 is 91.9 Å². The van der Waals surface area contributed by atoms with E-state index in [0.29, 0.717) is 55.6 Å². The molecule has 6 heterocycles. The summed E-state index contributed by atoms with van der Waals surface area (Å²) in [7, 11) is -1.10. The van der Waals surface area contributed by atoms with Crippen molar-refractivity contribution in [2.45, 2.75) is 70.4 Å². The van der Waals surface area contributed by atoms with Gasteiger partial charge in [-0.05, 0) is 117 Å². The van der Waals surface area contributed by atoms with Crippen LogP contribution in [0.1, 0.15) is 83.2 Å². The fourth-order valence-corrected chi connectivity index (χ4v) is 11.7. The molecule has 1 unspecified atom stereocenters. The summed E-state index contributed by atoms with van der Waals surface area (Å²) in [6.45, 7) is 12.9. The molecular weight excluding hydrogens is 974 g/mol. The van der Waals surface area contributed by atoms with Crippen molar-refractivity contribution in [3.05, 3.63) is 87.8 Å². The summed E-state index contributed by atoms with van der Waals surface area (Å²) in [5.41, 5.74) is 6.10. The number of rotatable bonds is 14. The molecule has 4 aliphatic rings. The number of carbonyl (C=O) groups excluding carboxylic acids is 4. The van der Waals surface area contributed by atoms with Gasteiger partial charge < -0.3 is 29.7 Å². The van der Waals surface area contributed by atoms with Gasteiger partial charge in [0.05, 0.1) is 44.9 Å². The number of methoxy groups -OCH3 is 1. The first-order chi connectivity index (χ1) is 33.7. The monoisotopic (exact) mass is 1030 g/mol. The summed E-state index contributed by atoms with van der Waals surface area (Å²) in [6.07, 6.45) is 11.2. The Morgan fingerprint density at radius 2 is 1.63 bits per heavy atom. The highest BCUT2D eigenvalue weighted by Gasteiger charge is 2.44. The van der Waals surface area contributed by atoms with Gasteiger partial charge in [-0.2, -0.15) is 4.98 Å². The number of unbranched alkanes of at least 4 members (excludes halogenated alkanes) is 3. The summed E-state index contributed by atoms with van der Waals surface area (Å²) >= 11 is 3.59. The number of anilines is 5. The highest BCUT2D eigenvalue weighted by molar-refractivity contribution is 9.10. The lowest BCUT2D eigenvalue weighted by atomic mass is 10.00. The summed E-state index contributed by atoms with van der Waals surface area (Å²) in [6, 6.07) is 12.4. The normalized spacial score (nSPS) is 18.2. The molecule has 3 aromatic carbocycles. The molecule has 3 saturated heterocycles. The molecule has 0 spiro atoms. The van der Waals surface area contributed by atoms with E-state index in [1.165, 1.54) is 0 Å². The molecule has 0 bridgehead atoms. The van der Waals surface area contributed by atoms with E-state index in [1.807, 2.05) is 12.1 Å². The molecule has 0 aliphatic carbocycles. The fraction of sp³-hybridized carbons (Fsp3) is 0.412. The van der Waals surface area contributed by atoms with Gasteiger partial charge in [-0.15, -0.1) is 0 Å². The Morgan fingerprint density at radius 1 is 0.857 bits per heavy atom. The Morgan fingerprint density at radius 3 is 2.39 bits per heavy atom. The lowest BCUT2D eigenvalue weighted by Gasteiger charge is -2.43. The SMILES string of the molecule is COc1cc(N2CCC(N3CCN(CCCCCC#Cc4ccc5c(c4)C(=O)N(C4CCC(=O)NC4=O)C5=O)CC3)CC2)c(C)cc1Nc1ncc(Br)c(Nc2ccc3nccnc3c2P(C)(C)=O)n1. The van der Waals surface area contributed by atoms with Gasteiger partial charge in [0.15, 0.2) is 0 Å². The van der Waals surface area contributed by atoms with E-state index in [-0.39, 0.29) is 24.0 Å². The number of aromatic nitrogens is 4. The van der Waals surface area contributed by atoms with Gasteiger partial charge in [0.1, 0.15) is 30.3 Å². The third-order valence-corrected chi connectivity index (χ3v) is 15.7. The number of nitrogens with one attached hydrogen (secondary N) is 3. The van der Waals surface area contributed by atoms with Gasteiger partial charge in [0, 0.05) is 94.1 Å². The van der Waals surface area contributed by atoms with E-state index in [1.54, 1.807) is 57.2 Å². The molecule has 3 N–H and O–H groups in total. The van der Waals surface area contributed by atoms with Gasteiger partial charge in [0.25, 0.3) is 11.8 Å². The highest BCUT2D eigenvalue weighted by Crippen LogP contribution is 2.42. The minimum atomic E-state index is -2.77. The Labute approximate surface area is 416 Å². The molecule has 3 fully saturated rings. The van der Waals surface area contributed by atoms with Gasteiger partial charge in [-0.25, -0.2) is 4.98 Å². The van der Waals surface area contributed by atoms with Crippen molar-refractivity contribution in [3.8, 4) is 17.6 Å². The number of ether oxygens (including phenoxy) is 1. The Hall–Kier alpha value is -6.25. The van der Waals surface area contributed by atoms with Crippen LogP contribution in [0, 0.1) is 18.8 Å². The first kappa shape index (κ1) is 48.8. The third kappa shape index (κ3) is 10.6. The first-order valence-corrected chi connectivity index (χ1v) is 27.3. The second kappa shape index (κ2) is 21.0. The minimum absolute atomic E-state index is 0.0845. The molecule has 364 valence electrons. The van der Waals surface area contributed by atoms with Crippen molar-refractivity contribution in [2.24, 2.45) is 0 Å². The Kier molecular flexibility index (Phi) is 14.6. The van der Waals surface area contributed by atoms with Crippen molar-refractivity contribution in [3.63, 3.8) is 0 Å². The molecule has 19 heteroatoms. The van der Waals surface area contributed by atoms with Crippen LogP contribution in [0.3, 0.4) is 0 Å². The van der Waals surface area contributed by atoms with E-state index in [9.17, 15) is 23.7 Å². The second-order valence-electron chi connectivity index (χ2n) is 18.6. The zero-order valence-corrected chi connectivity index (χ0v) is 42.4. The van der Waals surface area contributed by atoms with Crippen molar-refractivity contribution in [2.75, 3.05) is 81.8 Å². The molecule has 4 aliphatic heterocycles. The molecule has 17 nitrogen and oxygen atoms in total. The van der Waals surface area contributed by atoms with Crippen LogP contribution in [0.5, 0.6) is 5.75 Å². The third-order valence-electron chi connectivity index (χ3n) is 13.6. The molecule has 9 rings (SSSR count). The van der Waals surface area contributed by atoms with E-state index in [4.69, 9.17) is 9.72 Å². The highest BCUT2D eigenvalue weighted by atomic mass is 79.9. The lowest BCUT2D eigenvalue weighted by Crippen LogP contribution is -2.54. The average molecular weight is 1030 g/mol. The number of imide groups is 2. The zero-order chi connectivity index (χ0) is 49.1. The molecule has 2 aromatic heterocycles. The standard InChI is InChI=1S/C51H57BrN11O6P/c1-32-28-40(57-51-55-31-37(52)47(59-51)56-39-14-13-38-45(54-20-19-53-38)46(39)70(3,4)68)43(69-2)30-42(32)62-22-17-34(18-23-62)61-26-24-60(25-27-61)21-9-7-5-6-8-10-33-11-12-35-36(29-33)50(67)63(49(35)66)41-15-16-44(64)58-48(41)65/h11-14,19-20,28-31,34,41H,5-7,9,15-18,21-27H2,1-4H3,(H,58,64,65)(H2,55,56,57,59). The number of aryl methyl sites for hydroxylation is 1. The van der Waals surface area contributed by atoms with E-state index in [0.717, 1.165) is 106 Å². The topological polar surface area (TPSA) is 195 Å². The quantitative estimate of drug-likeness (QED) is 0.0453. The molecule has 0 radical (unpaired) electrons. The lowest BCUT2D eigenvalue weighted by molar-refractivity contribution is -0.136. The zero-order valence-electron chi connectivity index (χ0n) is 39.9. The van der Waals surface area contributed by atoms with Gasteiger partial charge >= 0.3 is 0 Å². The number of carbonyl (C=O) groups is 4. The predicted octanol–water partition coefficient (Wildman–Crippen LogP) is 6.83. The number of hydrogen-bond acceptors (Lipinski definition) is 15. The minimum Gasteiger partial charge on any atom is -0.494 e. The maximum absolute atomic E-state index is 13.5. The van der Waals surface area contributed by atoms with E-state index < -0.39 is 36.8 Å². The fourth-order valence-electron chi connectivity index (χ4n) is 9.98. The van der Waals surface area contributed by atoms with Crippen LogP contribution in [0.4, 0.5) is 28.8 Å². The number of hydrogen-bond donors (Lipinski definition) is 3. The molecular formula is C51H57BrN11O6P. The van der Waals surface area contributed by atoms with Crippen molar-refractivity contribution in [1.82, 2.24) is 40.0 Å². The number of halogens is 1. The van der Waals surface area contributed by atoms with Crippen LogP contribution >= 0.6 is 23.1 Å². The van der Waals surface area contributed by atoms with E-state index in [2.05, 4.69) is 92.4 Å².